The van der Waals surface area contributed by atoms with E-state index in [2.05, 4.69) is 5.10 Å². The van der Waals surface area contributed by atoms with Crippen LogP contribution in [0.3, 0.4) is 0 Å². The number of aromatic nitrogens is 2. The molecule has 0 bridgehead atoms. The number of likely N-dealkylation sites (tertiary alicyclic amines) is 1. The number of carboxylic acids is 1. The second-order valence-electron chi connectivity index (χ2n) is 7.54. The van der Waals surface area contributed by atoms with E-state index in [1.165, 1.54) is 0 Å². The molecule has 26 heavy (non-hydrogen) atoms. The van der Waals surface area contributed by atoms with Crippen molar-refractivity contribution in [2.45, 2.75) is 40.5 Å². The molecule has 1 atom stereocenters. The molecule has 2 aromatic rings. The molecule has 0 spiro atoms. The van der Waals surface area contributed by atoms with Gasteiger partial charge in [0.1, 0.15) is 0 Å². The summed E-state index contributed by atoms with van der Waals surface area (Å²) in [6, 6.07) is 6.13. The van der Waals surface area contributed by atoms with E-state index in [0.717, 1.165) is 22.5 Å². The molecule has 2 heterocycles. The van der Waals surface area contributed by atoms with Crippen LogP contribution in [0, 0.1) is 26.2 Å². The van der Waals surface area contributed by atoms with Gasteiger partial charge in [0.25, 0.3) is 5.91 Å². The van der Waals surface area contributed by atoms with E-state index >= 15 is 0 Å². The summed E-state index contributed by atoms with van der Waals surface area (Å²) in [6.07, 6.45) is 2.87. The number of hydrogen-bond donors (Lipinski definition) is 1. The van der Waals surface area contributed by atoms with Gasteiger partial charge in [-0.2, -0.15) is 5.10 Å². The quantitative estimate of drug-likeness (QED) is 0.918. The molecule has 6 nitrogen and oxygen atoms in total. The van der Waals surface area contributed by atoms with Gasteiger partial charge in [-0.1, -0.05) is 12.1 Å². The Labute approximate surface area is 153 Å². The highest BCUT2D eigenvalue weighted by atomic mass is 16.4. The first-order chi connectivity index (χ1) is 12.2. The first kappa shape index (κ1) is 18.2. The zero-order valence-electron chi connectivity index (χ0n) is 15.7. The lowest BCUT2D eigenvalue weighted by atomic mass is 9.82. The molecule has 1 fully saturated rings. The van der Waals surface area contributed by atoms with Crippen molar-refractivity contribution >= 4 is 11.9 Å². The standard InChI is InChI=1S/C20H25N3O3/c1-13-6-7-14(2)17(10-13)23-15(3)16(11-21-23)18(24)22-9-5-8-20(4,12-22)19(25)26/h6-7,10-11H,5,8-9,12H2,1-4H3,(H,25,26). The topological polar surface area (TPSA) is 75.4 Å². The Morgan fingerprint density at radius 3 is 2.65 bits per heavy atom. The number of nitrogens with zero attached hydrogens (tertiary/aromatic N) is 3. The molecule has 138 valence electrons. The Kier molecular flexibility index (Phi) is 4.61. The summed E-state index contributed by atoms with van der Waals surface area (Å²) in [5, 5.41) is 13.9. The SMILES string of the molecule is Cc1ccc(C)c(-n2ncc(C(=O)N3CCCC(C)(C(=O)O)C3)c2C)c1. The van der Waals surface area contributed by atoms with Gasteiger partial charge in [0.05, 0.1) is 28.6 Å². The summed E-state index contributed by atoms with van der Waals surface area (Å²) in [4.78, 5) is 26.2. The van der Waals surface area contributed by atoms with Gasteiger partial charge in [-0.3, -0.25) is 9.59 Å². The average molecular weight is 355 g/mol. The average Bonchev–Trinajstić information content (AvgIpc) is 2.97. The van der Waals surface area contributed by atoms with Gasteiger partial charge in [0.2, 0.25) is 0 Å². The number of hydrogen-bond acceptors (Lipinski definition) is 3. The summed E-state index contributed by atoms with van der Waals surface area (Å²) < 4.78 is 1.79. The molecule has 6 heteroatoms. The number of carbonyl (C=O) groups is 2. The van der Waals surface area contributed by atoms with E-state index in [1.807, 2.05) is 39.0 Å². The monoisotopic (exact) mass is 355 g/mol. The lowest BCUT2D eigenvalue weighted by molar-refractivity contribution is -0.150. The van der Waals surface area contributed by atoms with E-state index in [1.54, 1.807) is 22.7 Å². The predicted molar refractivity (Wildman–Crippen MR) is 98.7 cm³/mol. The van der Waals surface area contributed by atoms with Crippen LogP contribution in [-0.2, 0) is 4.79 Å². The molecule has 0 aliphatic carbocycles. The summed E-state index contributed by atoms with van der Waals surface area (Å²) in [6.45, 7) is 8.43. The first-order valence-corrected chi connectivity index (χ1v) is 8.88. The van der Waals surface area contributed by atoms with Crippen molar-refractivity contribution in [1.29, 1.82) is 0 Å². The van der Waals surface area contributed by atoms with E-state index in [0.29, 0.717) is 24.9 Å². The molecule has 1 aromatic carbocycles. The smallest absolute Gasteiger partial charge is 0.311 e. The molecule has 1 aromatic heterocycles. The predicted octanol–water partition coefficient (Wildman–Crippen LogP) is 3.12. The third-order valence-electron chi connectivity index (χ3n) is 5.33. The van der Waals surface area contributed by atoms with Crippen molar-refractivity contribution in [2.24, 2.45) is 5.41 Å². The largest absolute Gasteiger partial charge is 0.481 e. The van der Waals surface area contributed by atoms with Crippen molar-refractivity contribution in [1.82, 2.24) is 14.7 Å². The number of carboxylic acid groups (broad SMARTS) is 1. The minimum absolute atomic E-state index is 0.147. The van der Waals surface area contributed by atoms with Crippen LogP contribution in [0.2, 0.25) is 0 Å². The summed E-state index contributed by atoms with van der Waals surface area (Å²) in [5.74, 6) is -0.996. The Morgan fingerprint density at radius 2 is 1.96 bits per heavy atom. The molecule has 1 amide bonds. The maximum atomic E-state index is 13.0. The molecule has 0 radical (unpaired) electrons. The number of aliphatic carboxylic acids is 1. The number of piperidine rings is 1. The van der Waals surface area contributed by atoms with Crippen molar-refractivity contribution in [3.8, 4) is 5.69 Å². The summed E-state index contributed by atoms with van der Waals surface area (Å²) >= 11 is 0. The zero-order chi connectivity index (χ0) is 19.1. The van der Waals surface area contributed by atoms with E-state index in [9.17, 15) is 14.7 Å². The van der Waals surface area contributed by atoms with Crippen LogP contribution in [0.1, 0.15) is 46.9 Å². The minimum Gasteiger partial charge on any atom is -0.481 e. The minimum atomic E-state index is -0.884. The van der Waals surface area contributed by atoms with Gasteiger partial charge in [-0.15, -0.1) is 0 Å². The van der Waals surface area contributed by atoms with Gasteiger partial charge in [0.15, 0.2) is 0 Å². The van der Waals surface area contributed by atoms with Crippen molar-refractivity contribution in [2.75, 3.05) is 13.1 Å². The highest BCUT2D eigenvalue weighted by molar-refractivity contribution is 5.95. The van der Waals surface area contributed by atoms with Crippen LogP contribution in [0.5, 0.6) is 0 Å². The van der Waals surface area contributed by atoms with Crippen LogP contribution in [0.4, 0.5) is 0 Å². The molecule has 1 aliphatic heterocycles. The number of rotatable bonds is 3. The normalized spacial score (nSPS) is 20.2. The molecule has 1 N–H and O–H groups in total. The second-order valence-corrected chi connectivity index (χ2v) is 7.54. The van der Waals surface area contributed by atoms with Gasteiger partial charge >= 0.3 is 5.97 Å². The van der Waals surface area contributed by atoms with E-state index in [4.69, 9.17) is 0 Å². The van der Waals surface area contributed by atoms with Crippen LogP contribution in [0.25, 0.3) is 5.69 Å². The van der Waals surface area contributed by atoms with Crippen LogP contribution in [-0.4, -0.2) is 44.8 Å². The Morgan fingerprint density at radius 1 is 1.23 bits per heavy atom. The first-order valence-electron chi connectivity index (χ1n) is 8.88. The third kappa shape index (κ3) is 3.11. The maximum Gasteiger partial charge on any atom is 0.311 e. The zero-order valence-corrected chi connectivity index (χ0v) is 15.7. The van der Waals surface area contributed by atoms with Crippen LogP contribution >= 0.6 is 0 Å². The molecule has 1 aliphatic rings. The van der Waals surface area contributed by atoms with Crippen LogP contribution in [0.15, 0.2) is 24.4 Å². The Hall–Kier alpha value is -2.63. The lowest BCUT2D eigenvalue weighted by Crippen LogP contribution is -2.48. The highest BCUT2D eigenvalue weighted by Crippen LogP contribution is 2.31. The lowest BCUT2D eigenvalue weighted by Gasteiger charge is -2.37. The molecular formula is C20H25N3O3. The van der Waals surface area contributed by atoms with Crippen LogP contribution < -0.4 is 0 Å². The Bertz CT molecular complexity index is 871. The Balaban J connectivity index is 1.91. The van der Waals surface area contributed by atoms with Crippen molar-refractivity contribution in [3.63, 3.8) is 0 Å². The van der Waals surface area contributed by atoms with Crippen molar-refractivity contribution < 1.29 is 14.7 Å². The fraction of sp³-hybridized carbons (Fsp3) is 0.450. The number of aryl methyl sites for hydroxylation is 2. The van der Waals surface area contributed by atoms with E-state index < -0.39 is 11.4 Å². The summed E-state index contributed by atoms with van der Waals surface area (Å²) in [5.41, 5.74) is 3.58. The van der Waals surface area contributed by atoms with Crippen molar-refractivity contribution in [3.05, 3.63) is 46.8 Å². The molecule has 1 unspecified atom stereocenters. The molecule has 3 rings (SSSR count). The van der Waals surface area contributed by atoms with Gasteiger partial charge in [-0.25, -0.2) is 4.68 Å². The number of amides is 1. The van der Waals surface area contributed by atoms with Gasteiger partial charge in [0, 0.05) is 13.1 Å². The molecule has 1 saturated heterocycles. The third-order valence-corrected chi connectivity index (χ3v) is 5.33. The maximum absolute atomic E-state index is 13.0. The van der Waals surface area contributed by atoms with E-state index in [-0.39, 0.29) is 12.5 Å². The fourth-order valence-electron chi connectivity index (χ4n) is 3.57. The van der Waals surface area contributed by atoms with Gasteiger partial charge < -0.3 is 10.0 Å². The summed E-state index contributed by atoms with van der Waals surface area (Å²) in [7, 11) is 0. The molecule has 0 saturated carbocycles. The van der Waals surface area contributed by atoms with Gasteiger partial charge in [-0.05, 0) is 57.7 Å². The highest BCUT2D eigenvalue weighted by Gasteiger charge is 2.40. The number of benzene rings is 1. The fourth-order valence-corrected chi connectivity index (χ4v) is 3.57. The molecular weight excluding hydrogens is 330 g/mol. The second kappa shape index (κ2) is 6.59. The number of carbonyl (C=O) groups excluding carboxylic acids is 1.